The van der Waals surface area contributed by atoms with Crippen molar-refractivity contribution in [3.8, 4) is 5.69 Å². The second kappa shape index (κ2) is 6.02. The van der Waals surface area contributed by atoms with Crippen LogP contribution < -0.4 is 5.32 Å². The molecule has 0 aliphatic rings. The van der Waals surface area contributed by atoms with Gasteiger partial charge in [0.05, 0.1) is 11.8 Å². The molecule has 0 saturated carbocycles. The van der Waals surface area contributed by atoms with E-state index >= 15 is 0 Å². The highest BCUT2D eigenvalue weighted by molar-refractivity contribution is 6.30. The van der Waals surface area contributed by atoms with Crippen LogP contribution in [0.2, 0.25) is 5.02 Å². The summed E-state index contributed by atoms with van der Waals surface area (Å²) in [6.45, 7) is 3.51. The normalized spacial score (nSPS) is 12.2. The molecule has 0 unspecified atom stereocenters. The summed E-state index contributed by atoms with van der Waals surface area (Å²) in [5.41, 5.74) is 0.772. The lowest BCUT2D eigenvalue weighted by Crippen LogP contribution is -2.31. The Hall–Kier alpha value is -1.92. The molecule has 1 atom stereocenters. The molecule has 0 saturated heterocycles. The Labute approximate surface area is 121 Å². The number of halogens is 1. The fourth-order valence-electron chi connectivity index (χ4n) is 1.63. The smallest absolute Gasteiger partial charge is 0.291 e. The number of nitrogens with zero attached hydrogens (tertiary/aromatic N) is 3. The molecule has 2 N–H and O–H groups in total. The van der Waals surface area contributed by atoms with Gasteiger partial charge < -0.3 is 10.4 Å². The van der Waals surface area contributed by atoms with Crippen molar-refractivity contribution in [2.45, 2.75) is 20.0 Å². The molecule has 0 aliphatic heterocycles. The number of benzene rings is 1. The van der Waals surface area contributed by atoms with E-state index < -0.39 is 12.0 Å². The summed E-state index contributed by atoms with van der Waals surface area (Å²) in [4.78, 5) is 15.9. The minimum atomic E-state index is -0.613. The molecular formula is C13H15ClN4O2. The molecule has 1 amide bonds. The van der Waals surface area contributed by atoms with E-state index in [-0.39, 0.29) is 12.4 Å². The molecule has 1 aromatic heterocycles. The molecule has 7 heteroatoms. The van der Waals surface area contributed by atoms with Crippen LogP contribution in [-0.2, 0) is 0 Å². The van der Waals surface area contributed by atoms with Gasteiger partial charge in [-0.3, -0.25) is 4.79 Å². The minimum absolute atomic E-state index is 0.0677. The monoisotopic (exact) mass is 294 g/mol. The van der Waals surface area contributed by atoms with Crippen LogP contribution >= 0.6 is 11.6 Å². The average molecular weight is 295 g/mol. The summed E-state index contributed by atoms with van der Waals surface area (Å²) in [5.74, 6) is 0.245. The molecule has 106 valence electrons. The number of amides is 1. The lowest BCUT2D eigenvalue weighted by molar-refractivity contribution is 0.0913. The van der Waals surface area contributed by atoms with E-state index in [0.717, 1.165) is 5.69 Å². The number of aryl methyl sites for hydroxylation is 1. The van der Waals surface area contributed by atoms with Gasteiger partial charge >= 0.3 is 0 Å². The van der Waals surface area contributed by atoms with E-state index in [4.69, 9.17) is 16.7 Å². The lowest BCUT2D eigenvalue weighted by Gasteiger charge is -2.04. The van der Waals surface area contributed by atoms with Gasteiger partial charge in [0.2, 0.25) is 5.82 Å². The first kappa shape index (κ1) is 14.5. The third-order valence-corrected chi connectivity index (χ3v) is 2.85. The summed E-state index contributed by atoms with van der Waals surface area (Å²) >= 11 is 5.83. The fourth-order valence-corrected chi connectivity index (χ4v) is 1.76. The molecule has 20 heavy (non-hydrogen) atoms. The standard InChI is InChI=1S/C13H15ClN4O2/c1-8(19)7-15-13(20)12-16-9(2)18(17-12)11-5-3-10(14)4-6-11/h3-6,8,19H,7H2,1-2H3,(H,15,20)/t8-/m0/s1. The first-order valence-electron chi connectivity index (χ1n) is 6.13. The Kier molecular flexibility index (Phi) is 4.36. The molecule has 0 spiro atoms. The minimum Gasteiger partial charge on any atom is -0.392 e. The predicted octanol–water partition coefficient (Wildman–Crippen LogP) is 1.34. The van der Waals surface area contributed by atoms with Crippen molar-refractivity contribution >= 4 is 17.5 Å². The number of aliphatic hydroxyl groups is 1. The van der Waals surface area contributed by atoms with E-state index in [2.05, 4.69) is 15.4 Å². The van der Waals surface area contributed by atoms with E-state index in [9.17, 15) is 4.79 Å². The highest BCUT2D eigenvalue weighted by Gasteiger charge is 2.15. The third kappa shape index (κ3) is 3.34. The number of aromatic nitrogens is 3. The Morgan fingerprint density at radius 1 is 1.45 bits per heavy atom. The van der Waals surface area contributed by atoms with Crippen molar-refractivity contribution in [2.75, 3.05) is 6.54 Å². The van der Waals surface area contributed by atoms with Gasteiger partial charge in [0.25, 0.3) is 5.91 Å². The zero-order valence-corrected chi connectivity index (χ0v) is 11.9. The van der Waals surface area contributed by atoms with Gasteiger partial charge in [-0.2, -0.15) is 0 Å². The summed E-state index contributed by atoms with van der Waals surface area (Å²) in [6, 6.07) is 7.07. The number of rotatable bonds is 4. The van der Waals surface area contributed by atoms with E-state index in [0.29, 0.717) is 10.8 Å². The Bertz CT molecular complexity index is 607. The van der Waals surface area contributed by atoms with Crippen molar-refractivity contribution < 1.29 is 9.90 Å². The maximum absolute atomic E-state index is 11.8. The molecule has 1 aromatic carbocycles. The maximum atomic E-state index is 11.8. The summed E-state index contributed by atoms with van der Waals surface area (Å²) in [5, 5.41) is 16.5. The largest absolute Gasteiger partial charge is 0.392 e. The maximum Gasteiger partial charge on any atom is 0.291 e. The second-order valence-corrected chi connectivity index (χ2v) is 4.87. The van der Waals surface area contributed by atoms with E-state index in [1.54, 1.807) is 42.8 Å². The van der Waals surface area contributed by atoms with Crippen LogP contribution in [0.3, 0.4) is 0 Å². The molecule has 0 fully saturated rings. The van der Waals surface area contributed by atoms with Gasteiger partial charge in [-0.15, -0.1) is 5.10 Å². The number of hydrogen-bond acceptors (Lipinski definition) is 4. The van der Waals surface area contributed by atoms with Gasteiger partial charge in [-0.1, -0.05) is 11.6 Å². The van der Waals surface area contributed by atoms with E-state index in [1.807, 2.05) is 0 Å². The van der Waals surface area contributed by atoms with Crippen molar-refractivity contribution in [3.63, 3.8) is 0 Å². The van der Waals surface area contributed by atoms with Gasteiger partial charge in [0, 0.05) is 11.6 Å². The number of carbonyl (C=O) groups excluding carboxylic acids is 1. The highest BCUT2D eigenvalue weighted by atomic mass is 35.5. The Balaban J connectivity index is 2.21. The van der Waals surface area contributed by atoms with Crippen LogP contribution in [0, 0.1) is 6.92 Å². The Morgan fingerprint density at radius 2 is 2.10 bits per heavy atom. The van der Waals surface area contributed by atoms with Crippen molar-refractivity contribution in [1.82, 2.24) is 20.1 Å². The Morgan fingerprint density at radius 3 is 2.70 bits per heavy atom. The fraction of sp³-hybridized carbons (Fsp3) is 0.308. The summed E-state index contributed by atoms with van der Waals surface area (Å²) < 4.78 is 1.56. The van der Waals surface area contributed by atoms with Crippen LogP contribution in [-0.4, -0.2) is 38.4 Å². The lowest BCUT2D eigenvalue weighted by atomic mass is 10.3. The highest BCUT2D eigenvalue weighted by Crippen LogP contribution is 2.14. The van der Waals surface area contributed by atoms with Crippen LogP contribution in [0.25, 0.3) is 5.69 Å². The molecule has 0 aliphatic carbocycles. The molecule has 2 rings (SSSR count). The van der Waals surface area contributed by atoms with Crippen LogP contribution in [0.1, 0.15) is 23.4 Å². The molecule has 0 radical (unpaired) electrons. The van der Waals surface area contributed by atoms with Gasteiger partial charge in [0.15, 0.2) is 0 Å². The average Bonchev–Trinajstić information content (AvgIpc) is 2.79. The SMILES string of the molecule is Cc1nc(C(=O)NC[C@H](C)O)nn1-c1ccc(Cl)cc1. The zero-order valence-electron chi connectivity index (χ0n) is 11.2. The van der Waals surface area contributed by atoms with Crippen LogP contribution in [0.15, 0.2) is 24.3 Å². The second-order valence-electron chi connectivity index (χ2n) is 4.43. The van der Waals surface area contributed by atoms with Crippen molar-refractivity contribution in [3.05, 3.63) is 40.9 Å². The number of hydrogen-bond donors (Lipinski definition) is 2. The number of aliphatic hydroxyl groups excluding tert-OH is 1. The van der Waals surface area contributed by atoms with Crippen molar-refractivity contribution in [1.29, 1.82) is 0 Å². The molecule has 2 aromatic rings. The predicted molar refractivity (Wildman–Crippen MR) is 75.1 cm³/mol. The quantitative estimate of drug-likeness (QED) is 0.892. The van der Waals surface area contributed by atoms with E-state index in [1.165, 1.54) is 0 Å². The summed E-state index contributed by atoms with van der Waals surface area (Å²) in [6.07, 6.45) is -0.613. The number of carbonyl (C=O) groups is 1. The first-order valence-corrected chi connectivity index (χ1v) is 6.51. The zero-order chi connectivity index (χ0) is 14.7. The van der Waals surface area contributed by atoms with Crippen LogP contribution in [0.5, 0.6) is 0 Å². The number of nitrogens with one attached hydrogen (secondary N) is 1. The van der Waals surface area contributed by atoms with Gasteiger partial charge in [-0.25, -0.2) is 9.67 Å². The van der Waals surface area contributed by atoms with Crippen molar-refractivity contribution in [2.24, 2.45) is 0 Å². The van der Waals surface area contributed by atoms with Gasteiger partial charge in [-0.05, 0) is 38.1 Å². The summed E-state index contributed by atoms with van der Waals surface area (Å²) in [7, 11) is 0. The molecular weight excluding hydrogens is 280 g/mol. The topological polar surface area (TPSA) is 80.0 Å². The van der Waals surface area contributed by atoms with Gasteiger partial charge in [0.1, 0.15) is 5.82 Å². The molecule has 6 nitrogen and oxygen atoms in total. The molecule has 0 bridgehead atoms. The first-order chi connectivity index (χ1) is 9.47. The third-order valence-electron chi connectivity index (χ3n) is 2.60. The molecule has 1 heterocycles. The van der Waals surface area contributed by atoms with Crippen LogP contribution in [0.4, 0.5) is 0 Å².